The third-order valence-electron chi connectivity index (χ3n) is 5.15. The molecule has 1 saturated carbocycles. The number of imidazole rings is 1. The fourth-order valence-electron chi connectivity index (χ4n) is 3.56. The first kappa shape index (κ1) is 18.8. The number of aromatic nitrogens is 4. The minimum atomic E-state index is -0.987. The van der Waals surface area contributed by atoms with Crippen LogP contribution in [0.4, 0.5) is 0 Å². The van der Waals surface area contributed by atoms with Crippen molar-refractivity contribution in [3.63, 3.8) is 0 Å². The van der Waals surface area contributed by atoms with Crippen molar-refractivity contribution in [2.75, 3.05) is 6.61 Å². The van der Waals surface area contributed by atoms with Gasteiger partial charge >= 0.3 is 0 Å². The van der Waals surface area contributed by atoms with Gasteiger partial charge in [-0.2, -0.15) is 5.26 Å². The Morgan fingerprint density at radius 2 is 1.93 bits per heavy atom. The van der Waals surface area contributed by atoms with Crippen molar-refractivity contribution < 1.29 is 15.3 Å². The van der Waals surface area contributed by atoms with E-state index >= 15 is 0 Å². The lowest BCUT2D eigenvalue weighted by molar-refractivity contribution is -0.00370. The Bertz CT molecular complexity index is 1020. The summed E-state index contributed by atoms with van der Waals surface area (Å²) >= 11 is 1.52. The summed E-state index contributed by atoms with van der Waals surface area (Å²) in [6.45, 7) is -0.179. The van der Waals surface area contributed by atoms with Gasteiger partial charge in [0.25, 0.3) is 0 Å². The molecule has 8 nitrogen and oxygen atoms in total. The molecule has 1 aromatic carbocycles. The largest absolute Gasteiger partial charge is 0.396 e. The third kappa shape index (κ3) is 3.36. The molecule has 2 heterocycles. The number of rotatable bonds is 5. The molecular weight excluding hydrogens is 378 g/mol. The molecule has 0 aliphatic heterocycles. The lowest BCUT2D eigenvalue weighted by atomic mass is 10.1. The summed E-state index contributed by atoms with van der Waals surface area (Å²) in [5.74, 6) is 0.298. The summed E-state index contributed by atoms with van der Waals surface area (Å²) in [5.41, 5.74) is 2.91. The third-order valence-corrected chi connectivity index (χ3v) is 6.20. The number of thioether (sulfide) groups is 1. The topological polar surface area (TPSA) is 128 Å². The standard InChI is InChI=1S/C19H19N5O3S/c20-6-11-1-3-12(4-2-11)8-28-19-15-18(21-9-22-19)24(10-23-15)14-5-13(7-25)16(26)17(14)27/h1-4,9-10,13-14,16-17,25-27H,5,7-8H2/t13-,14-,16-,17+/m1/s1. The molecule has 0 saturated heterocycles. The molecule has 9 heteroatoms. The van der Waals surface area contributed by atoms with E-state index in [-0.39, 0.29) is 12.5 Å². The van der Waals surface area contributed by atoms with Gasteiger partial charge < -0.3 is 19.9 Å². The molecule has 0 radical (unpaired) electrons. The lowest BCUT2D eigenvalue weighted by Gasteiger charge is -2.18. The molecule has 28 heavy (non-hydrogen) atoms. The minimum absolute atomic E-state index is 0.179. The summed E-state index contributed by atoms with van der Waals surface area (Å²) in [6.07, 6.45) is 1.55. The van der Waals surface area contributed by atoms with Crippen molar-refractivity contribution in [3.8, 4) is 6.07 Å². The molecule has 0 spiro atoms. The monoisotopic (exact) mass is 397 g/mol. The van der Waals surface area contributed by atoms with Gasteiger partial charge in [0.2, 0.25) is 0 Å². The van der Waals surface area contributed by atoms with Crippen molar-refractivity contribution >= 4 is 22.9 Å². The minimum Gasteiger partial charge on any atom is -0.396 e. The maximum Gasteiger partial charge on any atom is 0.164 e. The van der Waals surface area contributed by atoms with Gasteiger partial charge in [-0.3, -0.25) is 0 Å². The van der Waals surface area contributed by atoms with Crippen LogP contribution in [-0.2, 0) is 5.75 Å². The zero-order valence-electron chi connectivity index (χ0n) is 14.9. The van der Waals surface area contributed by atoms with Gasteiger partial charge in [-0.1, -0.05) is 23.9 Å². The molecule has 144 valence electrons. The Balaban J connectivity index is 1.57. The second-order valence-electron chi connectivity index (χ2n) is 6.83. The average Bonchev–Trinajstić information content (AvgIpc) is 3.28. The Labute approximate surface area is 165 Å². The predicted molar refractivity (Wildman–Crippen MR) is 102 cm³/mol. The average molecular weight is 397 g/mol. The van der Waals surface area contributed by atoms with Gasteiger partial charge in [0.05, 0.1) is 30.1 Å². The first-order chi connectivity index (χ1) is 13.6. The SMILES string of the molecule is N#Cc1ccc(CSc2ncnc3c2ncn3[C@@H]2C[C@H](CO)[C@@H](O)[C@H]2O)cc1. The summed E-state index contributed by atoms with van der Waals surface area (Å²) < 4.78 is 1.76. The van der Waals surface area contributed by atoms with E-state index in [1.807, 2.05) is 12.1 Å². The van der Waals surface area contributed by atoms with E-state index in [2.05, 4.69) is 21.0 Å². The molecule has 0 amide bonds. The summed E-state index contributed by atoms with van der Waals surface area (Å²) in [7, 11) is 0. The highest BCUT2D eigenvalue weighted by Crippen LogP contribution is 2.37. The van der Waals surface area contributed by atoms with Crippen LogP contribution in [0.2, 0.25) is 0 Å². The van der Waals surface area contributed by atoms with Crippen LogP contribution < -0.4 is 0 Å². The van der Waals surface area contributed by atoms with Crippen molar-refractivity contribution in [1.29, 1.82) is 5.26 Å². The highest BCUT2D eigenvalue weighted by atomic mass is 32.2. The van der Waals surface area contributed by atoms with Gasteiger partial charge in [-0.15, -0.1) is 0 Å². The normalized spacial score (nSPS) is 24.5. The second-order valence-corrected chi connectivity index (χ2v) is 7.79. The zero-order chi connectivity index (χ0) is 19.7. The number of nitriles is 1. The van der Waals surface area contributed by atoms with Crippen molar-refractivity contribution in [1.82, 2.24) is 19.5 Å². The van der Waals surface area contributed by atoms with E-state index in [1.165, 1.54) is 18.1 Å². The van der Waals surface area contributed by atoms with E-state index in [1.54, 1.807) is 23.0 Å². The van der Waals surface area contributed by atoms with E-state index in [9.17, 15) is 15.3 Å². The van der Waals surface area contributed by atoms with Gasteiger partial charge in [0.1, 0.15) is 23.0 Å². The Morgan fingerprint density at radius 3 is 2.61 bits per heavy atom. The molecule has 0 bridgehead atoms. The first-order valence-corrected chi connectivity index (χ1v) is 9.87. The number of fused-ring (bicyclic) bond motifs is 1. The van der Waals surface area contributed by atoms with Crippen molar-refractivity contribution in [2.24, 2.45) is 5.92 Å². The number of aliphatic hydroxyl groups is 3. The Kier molecular flexibility index (Phi) is 5.28. The van der Waals surface area contributed by atoms with Crippen LogP contribution in [0.3, 0.4) is 0 Å². The molecule has 4 rings (SSSR count). The Morgan fingerprint density at radius 1 is 1.14 bits per heavy atom. The van der Waals surface area contributed by atoms with Crippen LogP contribution >= 0.6 is 11.8 Å². The first-order valence-electron chi connectivity index (χ1n) is 8.88. The highest BCUT2D eigenvalue weighted by Gasteiger charge is 2.42. The number of hydrogen-bond donors (Lipinski definition) is 3. The molecular formula is C19H19N5O3S. The highest BCUT2D eigenvalue weighted by molar-refractivity contribution is 7.98. The van der Waals surface area contributed by atoms with Crippen molar-refractivity contribution in [3.05, 3.63) is 48.0 Å². The quantitative estimate of drug-likeness (QED) is 0.434. The summed E-state index contributed by atoms with van der Waals surface area (Å²) in [6, 6.07) is 9.09. The maximum absolute atomic E-state index is 10.4. The van der Waals surface area contributed by atoms with Gasteiger partial charge in [0, 0.05) is 18.3 Å². The number of aliphatic hydroxyl groups excluding tert-OH is 3. The smallest absolute Gasteiger partial charge is 0.164 e. The molecule has 3 N–H and O–H groups in total. The van der Waals surface area contributed by atoms with Gasteiger partial charge in [0.15, 0.2) is 5.65 Å². The second kappa shape index (κ2) is 7.85. The van der Waals surface area contributed by atoms with Gasteiger partial charge in [-0.25, -0.2) is 15.0 Å². The summed E-state index contributed by atoms with van der Waals surface area (Å²) in [4.78, 5) is 13.1. The van der Waals surface area contributed by atoms with Crippen LogP contribution in [-0.4, -0.2) is 53.7 Å². The fourth-order valence-corrected chi connectivity index (χ4v) is 4.46. The van der Waals surface area contributed by atoms with Gasteiger partial charge in [-0.05, 0) is 24.1 Å². The fraction of sp³-hybridized carbons (Fsp3) is 0.368. The predicted octanol–water partition coefficient (Wildman–Crippen LogP) is 1.27. The number of hydrogen-bond acceptors (Lipinski definition) is 8. The molecule has 2 aromatic heterocycles. The lowest BCUT2D eigenvalue weighted by Crippen LogP contribution is -2.30. The molecule has 1 fully saturated rings. The van der Waals surface area contributed by atoms with E-state index in [0.29, 0.717) is 28.9 Å². The van der Waals surface area contributed by atoms with E-state index in [0.717, 1.165) is 10.6 Å². The van der Waals surface area contributed by atoms with Crippen LogP contribution in [0.15, 0.2) is 41.9 Å². The van der Waals surface area contributed by atoms with E-state index in [4.69, 9.17) is 5.26 Å². The Hall–Kier alpha value is -2.51. The number of nitrogens with zero attached hydrogens (tertiary/aromatic N) is 5. The van der Waals surface area contributed by atoms with E-state index < -0.39 is 18.2 Å². The maximum atomic E-state index is 10.4. The molecule has 1 aliphatic rings. The number of benzene rings is 1. The van der Waals surface area contributed by atoms with Crippen molar-refractivity contribution in [2.45, 2.75) is 35.4 Å². The van der Waals surface area contributed by atoms with Crippen LogP contribution in [0, 0.1) is 17.2 Å². The molecule has 4 atom stereocenters. The summed E-state index contributed by atoms with van der Waals surface area (Å²) in [5, 5.41) is 39.5. The molecule has 1 aliphatic carbocycles. The molecule has 0 unspecified atom stereocenters. The molecule has 3 aromatic rings. The van der Waals surface area contributed by atoms with Crippen LogP contribution in [0.1, 0.15) is 23.6 Å². The zero-order valence-corrected chi connectivity index (χ0v) is 15.7. The van der Waals surface area contributed by atoms with Crippen LogP contribution in [0.5, 0.6) is 0 Å². The van der Waals surface area contributed by atoms with Crippen LogP contribution in [0.25, 0.3) is 11.2 Å².